The molecule has 28 heavy (non-hydrogen) atoms. The van der Waals surface area contributed by atoms with E-state index in [4.69, 9.17) is 0 Å². The van der Waals surface area contributed by atoms with Crippen molar-refractivity contribution >= 4 is 12.2 Å². The molecule has 0 saturated carbocycles. The van der Waals surface area contributed by atoms with Gasteiger partial charge in [-0.15, -0.1) is 0 Å². The normalized spacial score (nSPS) is 12.6. The van der Waals surface area contributed by atoms with Crippen LogP contribution in [0.4, 0.5) is 4.39 Å². The van der Waals surface area contributed by atoms with Gasteiger partial charge in [0, 0.05) is 6.42 Å². The van der Waals surface area contributed by atoms with E-state index in [1.807, 2.05) is 42.5 Å². The maximum atomic E-state index is 14.4. The van der Waals surface area contributed by atoms with Crippen molar-refractivity contribution in [1.29, 1.82) is 0 Å². The van der Waals surface area contributed by atoms with Gasteiger partial charge in [-0.3, -0.25) is 0 Å². The van der Waals surface area contributed by atoms with Crippen LogP contribution in [0.1, 0.15) is 47.3 Å². The second-order valence-electron chi connectivity index (χ2n) is 7.01. The van der Waals surface area contributed by atoms with E-state index >= 15 is 0 Å². The number of alkyl halides is 1. The summed E-state index contributed by atoms with van der Waals surface area (Å²) in [6.45, 7) is 2.06. The molecule has 0 spiro atoms. The van der Waals surface area contributed by atoms with Crippen LogP contribution in [0, 0.1) is 0 Å². The molecule has 1 heteroatoms. The first-order chi connectivity index (χ1) is 13.7. The average molecular weight is 371 g/mol. The molecule has 3 aromatic carbocycles. The van der Waals surface area contributed by atoms with E-state index in [-0.39, 0.29) is 0 Å². The SMILES string of the molecule is C/C=C/CCc1ccc(C=Cc2ccc(C[C@H](F)c3ccccc3)cc2)cc1. The Bertz CT molecular complexity index is 887. The molecule has 0 aliphatic rings. The topological polar surface area (TPSA) is 0 Å². The van der Waals surface area contributed by atoms with E-state index < -0.39 is 6.17 Å². The standard InChI is InChI=1S/C27H27F/c1-2-3-5-8-22-11-13-23(14-12-22)15-16-24-17-19-25(20-18-24)21-27(28)26-9-6-4-7-10-26/h2-4,6-7,9-20,27H,5,8,21H2,1H3/b3-2+,16-15?/t27-/m0/s1. The van der Waals surface area contributed by atoms with Crippen LogP contribution >= 0.6 is 0 Å². The summed E-state index contributed by atoms with van der Waals surface area (Å²) in [5, 5.41) is 0. The van der Waals surface area contributed by atoms with Crippen molar-refractivity contribution in [3.63, 3.8) is 0 Å². The number of aryl methyl sites for hydroxylation is 1. The Morgan fingerprint density at radius 1 is 0.750 bits per heavy atom. The molecule has 0 bridgehead atoms. The Balaban J connectivity index is 1.56. The fourth-order valence-corrected chi connectivity index (χ4v) is 3.16. The van der Waals surface area contributed by atoms with Gasteiger partial charge < -0.3 is 0 Å². The highest BCUT2D eigenvalue weighted by Crippen LogP contribution is 2.22. The van der Waals surface area contributed by atoms with Crippen molar-refractivity contribution in [2.24, 2.45) is 0 Å². The van der Waals surface area contributed by atoms with Crippen molar-refractivity contribution in [2.45, 2.75) is 32.4 Å². The highest BCUT2D eigenvalue weighted by molar-refractivity contribution is 5.69. The van der Waals surface area contributed by atoms with E-state index in [1.54, 1.807) is 0 Å². The summed E-state index contributed by atoms with van der Waals surface area (Å²) in [6.07, 6.45) is 10.1. The quantitative estimate of drug-likeness (QED) is 0.282. The molecule has 3 rings (SSSR count). The summed E-state index contributed by atoms with van der Waals surface area (Å²) in [7, 11) is 0. The fraction of sp³-hybridized carbons (Fsp3) is 0.185. The molecule has 1 atom stereocenters. The molecule has 0 unspecified atom stereocenters. The molecule has 0 radical (unpaired) electrons. The summed E-state index contributed by atoms with van der Waals surface area (Å²) in [4.78, 5) is 0. The summed E-state index contributed by atoms with van der Waals surface area (Å²) in [5.74, 6) is 0. The minimum atomic E-state index is -0.964. The van der Waals surface area contributed by atoms with Gasteiger partial charge in [-0.25, -0.2) is 4.39 Å². The van der Waals surface area contributed by atoms with Crippen molar-refractivity contribution < 1.29 is 4.39 Å². The lowest BCUT2D eigenvalue weighted by molar-refractivity contribution is 0.342. The Morgan fingerprint density at radius 2 is 1.32 bits per heavy atom. The Kier molecular flexibility index (Phi) is 7.37. The van der Waals surface area contributed by atoms with E-state index in [1.165, 1.54) is 11.1 Å². The zero-order valence-electron chi connectivity index (χ0n) is 16.4. The van der Waals surface area contributed by atoms with Gasteiger partial charge in [0.2, 0.25) is 0 Å². The van der Waals surface area contributed by atoms with Crippen LogP contribution in [-0.2, 0) is 12.8 Å². The molecule has 0 amide bonds. The number of allylic oxidation sites excluding steroid dienone is 2. The lowest BCUT2D eigenvalue weighted by Crippen LogP contribution is -1.96. The molecule has 0 nitrogen and oxygen atoms in total. The van der Waals surface area contributed by atoms with Crippen LogP contribution < -0.4 is 0 Å². The lowest BCUT2D eigenvalue weighted by Gasteiger charge is -2.08. The minimum Gasteiger partial charge on any atom is -0.242 e. The van der Waals surface area contributed by atoms with E-state index in [0.717, 1.165) is 29.5 Å². The first-order valence-corrected chi connectivity index (χ1v) is 9.91. The van der Waals surface area contributed by atoms with Crippen molar-refractivity contribution in [1.82, 2.24) is 0 Å². The third-order valence-electron chi connectivity index (χ3n) is 4.84. The van der Waals surface area contributed by atoms with Gasteiger partial charge in [0.15, 0.2) is 0 Å². The van der Waals surface area contributed by atoms with E-state index in [9.17, 15) is 4.39 Å². The monoisotopic (exact) mass is 370 g/mol. The first kappa shape index (κ1) is 19.8. The number of rotatable bonds is 8. The van der Waals surface area contributed by atoms with Crippen molar-refractivity contribution in [3.05, 3.63) is 119 Å². The molecule has 0 N–H and O–H groups in total. The Labute approximate surface area is 168 Å². The van der Waals surface area contributed by atoms with Gasteiger partial charge in [-0.05, 0) is 47.6 Å². The van der Waals surface area contributed by atoms with Crippen molar-refractivity contribution in [3.8, 4) is 0 Å². The molecule has 0 heterocycles. The number of benzene rings is 3. The molecular formula is C27H27F. The van der Waals surface area contributed by atoms with Crippen LogP contribution in [0.25, 0.3) is 12.2 Å². The Hall–Kier alpha value is -2.93. The van der Waals surface area contributed by atoms with Crippen LogP contribution in [-0.4, -0.2) is 0 Å². The molecular weight excluding hydrogens is 343 g/mol. The fourth-order valence-electron chi connectivity index (χ4n) is 3.16. The second-order valence-corrected chi connectivity index (χ2v) is 7.01. The van der Waals surface area contributed by atoms with Crippen LogP contribution in [0.5, 0.6) is 0 Å². The highest BCUT2D eigenvalue weighted by Gasteiger charge is 2.09. The van der Waals surface area contributed by atoms with Gasteiger partial charge >= 0.3 is 0 Å². The predicted octanol–water partition coefficient (Wildman–Crippen LogP) is 7.62. The summed E-state index contributed by atoms with van der Waals surface area (Å²) >= 11 is 0. The number of hydrogen-bond acceptors (Lipinski definition) is 0. The van der Waals surface area contributed by atoms with Crippen molar-refractivity contribution in [2.75, 3.05) is 0 Å². The van der Waals surface area contributed by atoms with E-state index in [2.05, 4.69) is 67.6 Å². The summed E-state index contributed by atoms with van der Waals surface area (Å²) < 4.78 is 14.4. The first-order valence-electron chi connectivity index (χ1n) is 9.91. The second kappa shape index (κ2) is 10.4. The van der Waals surface area contributed by atoms with Gasteiger partial charge in [-0.1, -0.05) is 103 Å². The maximum absolute atomic E-state index is 14.4. The van der Waals surface area contributed by atoms with Gasteiger partial charge in [-0.2, -0.15) is 0 Å². The zero-order chi connectivity index (χ0) is 19.6. The van der Waals surface area contributed by atoms with Crippen LogP contribution in [0.2, 0.25) is 0 Å². The van der Waals surface area contributed by atoms with Crippen LogP contribution in [0.3, 0.4) is 0 Å². The minimum absolute atomic E-state index is 0.405. The van der Waals surface area contributed by atoms with Gasteiger partial charge in [0.1, 0.15) is 6.17 Å². The highest BCUT2D eigenvalue weighted by atomic mass is 19.1. The molecule has 0 aromatic heterocycles. The Morgan fingerprint density at radius 3 is 1.89 bits per heavy atom. The lowest BCUT2D eigenvalue weighted by atomic mass is 10.0. The molecule has 3 aromatic rings. The molecule has 0 fully saturated rings. The molecule has 142 valence electrons. The zero-order valence-corrected chi connectivity index (χ0v) is 16.4. The number of halogens is 1. The average Bonchev–Trinajstić information content (AvgIpc) is 2.75. The molecule has 0 aliphatic carbocycles. The third kappa shape index (κ3) is 6.06. The van der Waals surface area contributed by atoms with Crippen LogP contribution in [0.15, 0.2) is 91.0 Å². The van der Waals surface area contributed by atoms with Gasteiger partial charge in [0.05, 0.1) is 0 Å². The maximum Gasteiger partial charge on any atom is 0.129 e. The predicted molar refractivity (Wildman–Crippen MR) is 119 cm³/mol. The molecule has 0 aliphatic heterocycles. The smallest absolute Gasteiger partial charge is 0.129 e. The van der Waals surface area contributed by atoms with E-state index in [0.29, 0.717) is 6.42 Å². The third-order valence-corrected chi connectivity index (χ3v) is 4.84. The summed E-state index contributed by atoms with van der Waals surface area (Å²) in [6, 6.07) is 26.2. The molecule has 0 saturated heterocycles. The van der Waals surface area contributed by atoms with Gasteiger partial charge in [0.25, 0.3) is 0 Å². The number of hydrogen-bond donors (Lipinski definition) is 0. The summed E-state index contributed by atoms with van der Waals surface area (Å²) in [5.41, 5.74) is 5.42. The largest absolute Gasteiger partial charge is 0.242 e.